The van der Waals surface area contributed by atoms with Gasteiger partial charge in [0.05, 0.1) is 12.1 Å². The van der Waals surface area contributed by atoms with Crippen LogP contribution in [0.3, 0.4) is 0 Å². The lowest BCUT2D eigenvalue weighted by molar-refractivity contribution is -0.119. The Morgan fingerprint density at radius 3 is 2.53 bits per heavy atom. The number of fused-ring (bicyclic) bond motifs is 1. The summed E-state index contributed by atoms with van der Waals surface area (Å²) in [6.07, 6.45) is 1.25. The number of carbonyl (C=O) groups excluding carboxylic acids is 1. The zero-order valence-electron chi connectivity index (χ0n) is 19.9. The zero-order chi connectivity index (χ0) is 26.0. The van der Waals surface area contributed by atoms with Gasteiger partial charge in [-0.2, -0.15) is 4.31 Å². The molecule has 0 radical (unpaired) electrons. The van der Waals surface area contributed by atoms with Crippen LogP contribution >= 0.6 is 24.2 Å². The molecule has 1 aromatic carbocycles. The number of carbonyl (C=O) groups is 1. The van der Waals surface area contributed by atoms with E-state index in [9.17, 15) is 13.2 Å². The average Bonchev–Trinajstić information content (AvgIpc) is 2.84. The number of halogens is 1. The van der Waals surface area contributed by atoms with Crippen molar-refractivity contribution >= 4 is 56.9 Å². The van der Waals surface area contributed by atoms with Crippen LogP contribution in [0.5, 0.6) is 0 Å². The second-order valence-electron chi connectivity index (χ2n) is 8.94. The molecule has 4 rings (SSSR count). The summed E-state index contributed by atoms with van der Waals surface area (Å²) in [5.41, 5.74) is 6.35. The number of thiol groups is 1. The minimum atomic E-state index is -3.71. The molecule has 0 bridgehead atoms. The highest BCUT2D eigenvalue weighted by atomic mass is 35.5. The van der Waals surface area contributed by atoms with Crippen LogP contribution in [0.1, 0.15) is 19.7 Å². The highest BCUT2D eigenvalue weighted by Gasteiger charge is 2.30. The first-order valence-electron chi connectivity index (χ1n) is 11.4. The highest BCUT2D eigenvalue weighted by Crippen LogP contribution is 2.25. The minimum Gasteiger partial charge on any atom is -0.368 e. The summed E-state index contributed by atoms with van der Waals surface area (Å²) in [7, 11) is -3.71. The number of piperazine rings is 1. The lowest BCUT2D eigenvalue weighted by Crippen LogP contribution is -2.48. The number of nitrogens with one attached hydrogen (secondary N) is 1. The Hall–Kier alpha value is -2.51. The van der Waals surface area contributed by atoms with Crippen LogP contribution in [0.25, 0.3) is 10.9 Å². The fourth-order valence-electron chi connectivity index (χ4n) is 4.06. The van der Waals surface area contributed by atoms with Crippen LogP contribution in [0.15, 0.2) is 46.3 Å². The Bertz CT molecular complexity index is 1380. The minimum absolute atomic E-state index is 0.0239. The second-order valence-corrected chi connectivity index (χ2v) is 11.7. The van der Waals surface area contributed by atoms with E-state index in [1.165, 1.54) is 16.6 Å². The van der Waals surface area contributed by atoms with E-state index in [1.54, 1.807) is 0 Å². The van der Waals surface area contributed by atoms with Gasteiger partial charge in [-0.15, -0.1) is 12.6 Å². The number of pyridine rings is 1. The van der Waals surface area contributed by atoms with Gasteiger partial charge in [0.25, 0.3) is 0 Å². The van der Waals surface area contributed by atoms with Crippen molar-refractivity contribution in [3.63, 3.8) is 0 Å². The number of hydrogen-bond acceptors (Lipinski definition) is 9. The van der Waals surface area contributed by atoms with Crippen molar-refractivity contribution in [1.82, 2.24) is 24.2 Å². The summed E-state index contributed by atoms with van der Waals surface area (Å²) in [6, 6.07) is 8.39. The fraction of sp³-hybridized carbons (Fsp3) is 0.391. The number of benzene rings is 1. The summed E-state index contributed by atoms with van der Waals surface area (Å²) in [6.45, 7) is 5.88. The summed E-state index contributed by atoms with van der Waals surface area (Å²) >= 11 is 10.1. The van der Waals surface area contributed by atoms with Gasteiger partial charge in [0, 0.05) is 42.7 Å². The van der Waals surface area contributed by atoms with Crippen molar-refractivity contribution in [1.29, 1.82) is 0 Å². The van der Waals surface area contributed by atoms with E-state index in [1.807, 2.05) is 38.1 Å². The molecule has 13 heteroatoms. The number of para-hydroxylation sites is 1. The maximum atomic E-state index is 13.0. The average molecular weight is 550 g/mol. The molecule has 2 aromatic heterocycles. The lowest BCUT2D eigenvalue weighted by atomic mass is 10.0. The van der Waals surface area contributed by atoms with Crippen LogP contribution in [-0.2, 0) is 21.4 Å². The second kappa shape index (κ2) is 10.9. The molecule has 0 spiro atoms. The van der Waals surface area contributed by atoms with E-state index >= 15 is 0 Å². The van der Waals surface area contributed by atoms with Gasteiger partial charge >= 0.3 is 0 Å². The number of rotatable bonds is 8. The molecule has 0 unspecified atom stereocenters. The summed E-state index contributed by atoms with van der Waals surface area (Å²) in [5, 5.41) is 4.15. The number of aromatic nitrogens is 3. The standard InChI is InChI=1S/C23H28ClN7O3S2/c1-14(2)20(22(25)32)29-23-16-5-3-4-6-17(16)27-19(28-23)13-30-7-9-31(10-8-30)36(33,34)15-11-18(35)21(24)26-12-15/h3-6,11-12,14,20,35H,7-10,13H2,1-2H3,(H2,25,32)(H,27,28,29)/t20-/m0/s1. The molecule has 1 saturated heterocycles. The number of nitrogens with two attached hydrogens (primary N) is 1. The van der Waals surface area contributed by atoms with Crippen molar-refractivity contribution in [2.75, 3.05) is 31.5 Å². The van der Waals surface area contributed by atoms with E-state index in [0.717, 1.165) is 10.9 Å². The van der Waals surface area contributed by atoms with Gasteiger partial charge in [-0.1, -0.05) is 37.6 Å². The van der Waals surface area contributed by atoms with Crippen LogP contribution in [0.4, 0.5) is 5.82 Å². The monoisotopic (exact) mass is 549 g/mol. The van der Waals surface area contributed by atoms with E-state index in [2.05, 4.69) is 27.8 Å². The Morgan fingerprint density at radius 2 is 1.89 bits per heavy atom. The molecule has 3 aromatic rings. The lowest BCUT2D eigenvalue weighted by Gasteiger charge is -2.33. The van der Waals surface area contributed by atoms with Crippen LogP contribution < -0.4 is 11.1 Å². The molecule has 0 aliphatic carbocycles. The highest BCUT2D eigenvalue weighted by molar-refractivity contribution is 7.89. The van der Waals surface area contributed by atoms with Crippen LogP contribution in [0.2, 0.25) is 5.15 Å². The molecule has 0 saturated carbocycles. The normalized spacial score (nSPS) is 16.4. The number of sulfonamides is 1. The fourth-order valence-corrected chi connectivity index (χ4v) is 5.84. The van der Waals surface area contributed by atoms with Crippen LogP contribution in [0, 0.1) is 5.92 Å². The topological polar surface area (TPSA) is 134 Å². The molecule has 1 aliphatic rings. The van der Waals surface area contributed by atoms with Gasteiger partial charge in [0.1, 0.15) is 27.7 Å². The van der Waals surface area contributed by atoms with E-state index in [4.69, 9.17) is 27.3 Å². The third-order valence-corrected chi connectivity index (χ3v) is 8.68. The Morgan fingerprint density at radius 1 is 1.19 bits per heavy atom. The quantitative estimate of drug-likeness (QED) is 0.288. The maximum absolute atomic E-state index is 13.0. The molecule has 36 heavy (non-hydrogen) atoms. The van der Waals surface area contributed by atoms with E-state index in [0.29, 0.717) is 49.3 Å². The molecule has 10 nitrogen and oxygen atoms in total. The van der Waals surface area contributed by atoms with Gasteiger partial charge in [-0.25, -0.2) is 23.4 Å². The smallest absolute Gasteiger partial charge is 0.244 e. The molecule has 3 N–H and O–H groups in total. The third-order valence-electron chi connectivity index (χ3n) is 6.04. The first-order chi connectivity index (χ1) is 17.1. The molecule has 1 aliphatic heterocycles. The van der Waals surface area contributed by atoms with Gasteiger partial charge in [0.15, 0.2) is 0 Å². The Kier molecular flexibility index (Phi) is 8.00. The zero-order valence-corrected chi connectivity index (χ0v) is 22.4. The molecule has 1 fully saturated rings. The molecule has 3 heterocycles. The van der Waals surface area contributed by atoms with Crippen LogP contribution in [-0.4, -0.2) is 70.7 Å². The number of primary amides is 1. The largest absolute Gasteiger partial charge is 0.368 e. The summed E-state index contributed by atoms with van der Waals surface area (Å²) < 4.78 is 27.5. The van der Waals surface area contributed by atoms with Crippen molar-refractivity contribution in [3.8, 4) is 0 Å². The first kappa shape index (κ1) is 26.6. The van der Waals surface area contributed by atoms with Crippen molar-refractivity contribution < 1.29 is 13.2 Å². The third kappa shape index (κ3) is 5.73. The van der Waals surface area contributed by atoms with E-state index < -0.39 is 22.0 Å². The molecular formula is C23H28ClN7O3S2. The maximum Gasteiger partial charge on any atom is 0.244 e. The molecular weight excluding hydrogens is 522 g/mol. The van der Waals surface area contributed by atoms with Gasteiger partial charge in [-0.3, -0.25) is 9.69 Å². The Balaban J connectivity index is 1.50. The number of anilines is 1. The summed E-state index contributed by atoms with van der Waals surface area (Å²) in [5.74, 6) is 0.643. The number of nitrogens with zero attached hydrogens (tertiary/aromatic N) is 5. The van der Waals surface area contributed by atoms with Crippen molar-refractivity contribution in [3.05, 3.63) is 47.5 Å². The number of hydrogen-bond donors (Lipinski definition) is 3. The first-order valence-corrected chi connectivity index (χ1v) is 13.7. The summed E-state index contributed by atoms with van der Waals surface area (Å²) in [4.78, 5) is 27.7. The Labute approximate surface area is 220 Å². The molecule has 1 amide bonds. The van der Waals surface area contributed by atoms with Crippen molar-refractivity contribution in [2.24, 2.45) is 11.7 Å². The molecule has 192 valence electrons. The van der Waals surface area contributed by atoms with Gasteiger partial charge in [-0.05, 0) is 24.1 Å². The van der Waals surface area contributed by atoms with Gasteiger partial charge < -0.3 is 11.1 Å². The van der Waals surface area contributed by atoms with Crippen molar-refractivity contribution in [2.45, 2.75) is 36.2 Å². The SMILES string of the molecule is CC(C)[C@H](Nc1nc(CN2CCN(S(=O)(=O)c3cnc(Cl)c(S)c3)CC2)nc2ccccc12)C(N)=O. The predicted molar refractivity (Wildman–Crippen MR) is 142 cm³/mol. The van der Waals surface area contributed by atoms with Gasteiger partial charge in [0.2, 0.25) is 15.9 Å². The van der Waals surface area contributed by atoms with E-state index in [-0.39, 0.29) is 16.0 Å². The number of amides is 1. The molecule has 1 atom stereocenters. The predicted octanol–water partition coefficient (Wildman–Crippen LogP) is 2.40.